The first kappa shape index (κ1) is 17.3. The van der Waals surface area contributed by atoms with Gasteiger partial charge in [0.2, 0.25) is 5.91 Å². The third kappa shape index (κ3) is 4.25. The fourth-order valence-corrected chi connectivity index (χ4v) is 3.85. The minimum absolute atomic E-state index is 0.0467. The number of carboxylic acid groups (broad SMARTS) is 1. The maximum absolute atomic E-state index is 12.1. The van der Waals surface area contributed by atoms with Crippen LogP contribution in [0.2, 0.25) is 0 Å². The lowest BCUT2D eigenvalue weighted by Crippen LogP contribution is -2.35. The van der Waals surface area contributed by atoms with Crippen LogP contribution in [0.1, 0.15) is 30.1 Å². The van der Waals surface area contributed by atoms with Crippen molar-refractivity contribution in [1.82, 2.24) is 0 Å². The number of hydrogen-bond acceptors (Lipinski definition) is 5. The largest absolute Gasteiger partial charge is 0.481 e. The van der Waals surface area contributed by atoms with Crippen molar-refractivity contribution in [2.24, 2.45) is 5.41 Å². The van der Waals surface area contributed by atoms with Crippen LogP contribution in [0.25, 0.3) is 0 Å². The first-order valence-electron chi connectivity index (χ1n) is 7.35. The van der Waals surface area contributed by atoms with Gasteiger partial charge in [-0.15, -0.1) is 0 Å². The fourth-order valence-electron chi connectivity index (χ4n) is 2.41. The summed E-state index contributed by atoms with van der Waals surface area (Å²) in [6.45, 7) is 2.03. The fraction of sp³-hybridized carbons (Fsp3) is 0.438. The maximum Gasteiger partial charge on any atom is 0.338 e. The van der Waals surface area contributed by atoms with Gasteiger partial charge in [-0.1, -0.05) is 0 Å². The van der Waals surface area contributed by atoms with E-state index in [9.17, 15) is 19.5 Å². The molecule has 7 heteroatoms. The average Bonchev–Trinajstić information content (AvgIpc) is 2.98. The summed E-state index contributed by atoms with van der Waals surface area (Å²) in [5.74, 6) is -0.460. The van der Waals surface area contributed by atoms with Gasteiger partial charge in [0.1, 0.15) is 0 Å². The number of carbonyl (C=O) groups is 3. The molecule has 1 amide bonds. The molecule has 23 heavy (non-hydrogen) atoms. The van der Waals surface area contributed by atoms with Crippen molar-refractivity contribution < 1.29 is 24.2 Å². The van der Waals surface area contributed by atoms with E-state index in [2.05, 4.69) is 5.32 Å². The van der Waals surface area contributed by atoms with Gasteiger partial charge < -0.3 is 15.2 Å². The van der Waals surface area contributed by atoms with E-state index >= 15 is 0 Å². The highest BCUT2D eigenvalue weighted by Crippen LogP contribution is 2.39. The van der Waals surface area contributed by atoms with Crippen molar-refractivity contribution >= 4 is 35.3 Å². The number of anilines is 1. The summed E-state index contributed by atoms with van der Waals surface area (Å²) >= 11 is 1.56. The second-order valence-electron chi connectivity index (χ2n) is 5.41. The molecule has 1 aromatic carbocycles. The molecule has 1 atom stereocenters. The van der Waals surface area contributed by atoms with Gasteiger partial charge >= 0.3 is 11.9 Å². The predicted molar refractivity (Wildman–Crippen MR) is 87.7 cm³/mol. The molecule has 6 nitrogen and oxygen atoms in total. The number of nitrogens with one attached hydrogen (secondary N) is 1. The number of esters is 1. The number of ether oxygens (including phenoxy) is 1. The molecule has 0 saturated carbocycles. The smallest absolute Gasteiger partial charge is 0.338 e. The van der Waals surface area contributed by atoms with Gasteiger partial charge in [-0.3, -0.25) is 9.59 Å². The zero-order valence-corrected chi connectivity index (χ0v) is 13.6. The number of thioether (sulfide) groups is 1. The zero-order valence-electron chi connectivity index (χ0n) is 12.8. The highest BCUT2D eigenvalue weighted by Gasteiger charge is 2.43. The number of benzene rings is 1. The van der Waals surface area contributed by atoms with Gasteiger partial charge in [0.25, 0.3) is 0 Å². The van der Waals surface area contributed by atoms with Crippen molar-refractivity contribution in [3.8, 4) is 0 Å². The van der Waals surface area contributed by atoms with E-state index in [0.717, 1.165) is 5.75 Å². The van der Waals surface area contributed by atoms with Gasteiger partial charge in [-0.05, 0) is 43.4 Å². The summed E-state index contributed by atoms with van der Waals surface area (Å²) in [5, 5.41) is 12.1. The number of hydrogen-bond donors (Lipinski definition) is 2. The summed E-state index contributed by atoms with van der Waals surface area (Å²) in [5.41, 5.74) is -0.0483. The lowest BCUT2D eigenvalue weighted by molar-refractivity contribution is -0.149. The third-order valence-corrected chi connectivity index (χ3v) is 4.99. The SMILES string of the molecule is CCOC(=O)c1ccc(NC(=O)C[C@@]2(C(=O)O)CCSC2)cc1. The first-order chi connectivity index (χ1) is 11.0. The number of carboxylic acids is 1. The molecule has 0 radical (unpaired) electrons. The Morgan fingerprint density at radius 1 is 1.30 bits per heavy atom. The van der Waals surface area contributed by atoms with Crippen LogP contribution in [-0.4, -0.2) is 41.1 Å². The lowest BCUT2D eigenvalue weighted by atomic mass is 9.84. The Bertz CT molecular complexity index is 593. The molecule has 0 spiro atoms. The Morgan fingerprint density at radius 3 is 2.52 bits per heavy atom. The molecular weight excluding hydrogens is 318 g/mol. The van der Waals surface area contributed by atoms with Crippen LogP contribution >= 0.6 is 11.8 Å². The molecule has 0 unspecified atom stereocenters. The Balaban J connectivity index is 1.97. The molecule has 2 rings (SSSR count). The normalized spacial score (nSPS) is 20.0. The minimum Gasteiger partial charge on any atom is -0.481 e. The minimum atomic E-state index is -0.973. The molecule has 1 heterocycles. The van der Waals surface area contributed by atoms with E-state index in [4.69, 9.17) is 4.74 Å². The molecule has 1 aliphatic heterocycles. The van der Waals surface area contributed by atoms with Gasteiger partial charge in [0, 0.05) is 17.9 Å². The Morgan fingerprint density at radius 2 is 2.00 bits per heavy atom. The average molecular weight is 337 g/mol. The van der Waals surface area contributed by atoms with Crippen molar-refractivity contribution in [3.05, 3.63) is 29.8 Å². The summed E-state index contributed by atoms with van der Waals surface area (Å²) in [6, 6.07) is 6.32. The van der Waals surface area contributed by atoms with Crippen molar-refractivity contribution in [2.45, 2.75) is 19.8 Å². The molecular formula is C16H19NO5S. The number of rotatable bonds is 6. The monoisotopic (exact) mass is 337 g/mol. The van der Waals surface area contributed by atoms with E-state index in [1.165, 1.54) is 0 Å². The lowest BCUT2D eigenvalue weighted by Gasteiger charge is -2.22. The summed E-state index contributed by atoms with van der Waals surface area (Å²) in [6.07, 6.45) is 0.456. The number of amides is 1. The Kier molecular flexibility index (Phi) is 5.65. The highest BCUT2D eigenvalue weighted by molar-refractivity contribution is 7.99. The standard InChI is InChI=1S/C16H19NO5S/c1-2-22-14(19)11-3-5-12(6-4-11)17-13(18)9-16(15(20)21)7-8-23-10-16/h3-6H,2,7-10H2,1H3,(H,17,18)(H,20,21)/t16-/m0/s1. The quantitative estimate of drug-likeness (QED) is 0.774. The summed E-state index contributed by atoms with van der Waals surface area (Å²) in [7, 11) is 0. The topological polar surface area (TPSA) is 92.7 Å². The van der Waals surface area contributed by atoms with Crippen LogP contribution in [0.5, 0.6) is 0 Å². The van der Waals surface area contributed by atoms with E-state index in [1.807, 2.05) is 0 Å². The van der Waals surface area contributed by atoms with Gasteiger partial charge in [-0.25, -0.2) is 4.79 Å². The molecule has 1 saturated heterocycles. The van der Waals surface area contributed by atoms with Crippen LogP contribution in [0.3, 0.4) is 0 Å². The van der Waals surface area contributed by atoms with Crippen LogP contribution in [0.4, 0.5) is 5.69 Å². The molecule has 1 aliphatic rings. The molecule has 0 aromatic heterocycles. The van der Waals surface area contributed by atoms with Crippen molar-refractivity contribution in [1.29, 1.82) is 0 Å². The summed E-state index contributed by atoms with van der Waals surface area (Å²) < 4.78 is 4.88. The summed E-state index contributed by atoms with van der Waals surface area (Å²) in [4.78, 5) is 35.1. The zero-order chi connectivity index (χ0) is 16.9. The van der Waals surface area contributed by atoms with Crippen LogP contribution in [0, 0.1) is 5.41 Å². The van der Waals surface area contributed by atoms with Crippen LogP contribution in [-0.2, 0) is 14.3 Å². The maximum atomic E-state index is 12.1. The Labute approximate surface area is 138 Å². The second-order valence-corrected chi connectivity index (χ2v) is 6.52. The predicted octanol–water partition coefficient (Wildman–Crippen LogP) is 2.40. The number of aliphatic carboxylic acids is 1. The van der Waals surface area contributed by atoms with Gasteiger partial charge in [-0.2, -0.15) is 11.8 Å². The van der Waals surface area contributed by atoms with Gasteiger partial charge in [0.05, 0.1) is 17.6 Å². The highest BCUT2D eigenvalue weighted by atomic mass is 32.2. The van der Waals surface area contributed by atoms with Crippen molar-refractivity contribution in [3.63, 3.8) is 0 Å². The van der Waals surface area contributed by atoms with Crippen LogP contribution < -0.4 is 5.32 Å². The third-order valence-electron chi connectivity index (χ3n) is 3.74. The van der Waals surface area contributed by atoms with Gasteiger partial charge in [0.15, 0.2) is 0 Å². The van der Waals surface area contributed by atoms with E-state index < -0.39 is 17.4 Å². The Hall–Kier alpha value is -2.02. The molecule has 1 fully saturated rings. The van der Waals surface area contributed by atoms with Crippen LogP contribution in [0.15, 0.2) is 24.3 Å². The molecule has 0 bridgehead atoms. The molecule has 1 aromatic rings. The van der Waals surface area contributed by atoms with Crippen molar-refractivity contribution in [2.75, 3.05) is 23.4 Å². The first-order valence-corrected chi connectivity index (χ1v) is 8.50. The molecule has 2 N–H and O–H groups in total. The number of carbonyl (C=O) groups excluding carboxylic acids is 2. The molecule has 124 valence electrons. The van der Waals surface area contributed by atoms with E-state index in [-0.39, 0.29) is 12.3 Å². The van der Waals surface area contributed by atoms with E-state index in [0.29, 0.717) is 30.0 Å². The molecule has 0 aliphatic carbocycles. The second kappa shape index (κ2) is 7.50. The van der Waals surface area contributed by atoms with E-state index in [1.54, 1.807) is 43.0 Å².